The molecule has 0 aliphatic rings. The zero-order chi connectivity index (χ0) is 22.9. The predicted octanol–water partition coefficient (Wildman–Crippen LogP) is 4.65. The molecule has 0 aliphatic carbocycles. The van der Waals surface area contributed by atoms with Crippen LogP contribution in [0.5, 0.6) is 0 Å². The molecule has 31 heavy (non-hydrogen) atoms. The Morgan fingerprint density at radius 2 is 1.68 bits per heavy atom. The summed E-state index contributed by atoms with van der Waals surface area (Å²) in [6.45, 7) is 1.25. The van der Waals surface area contributed by atoms with Crippen molar-refractivity contribution >= 4 is 34.5 Å². The number of rotatable bonds is 4. The maximum absolute atomic E-state index is 13.2. The number of carbonyl (C=O) groups is 3. The molecule has 2 aromatic carbocycles. The summed E-state index contributed by atoms with van der Waals surface area (Å²) in [7, 11) is 2.20. The standard InChI is InChI=1S/C21H16F3NO6/c1-10(26)25-13-8-14(19(27)29-2)16-15(9-13)31-18(17(16)20(28)30-3)11-5-4-6-12(7-11)21(22,23)24/h4-9H,1-3H3,(H,25,26). The van der Waals surface area contributed by atoms with Crippen molar-refractivity contribution in [2.24, 2.45) is 0 Å². The Bertz CT molecular complexity index is 1200. The van der Waals surface area contributed by atoms with Crippen LogP contribution in [0.3, 0.4) is 0 Å². The van der Waals surface area contributed by atoms with E-state index >= 15 is 0 Å². The molecule has 7 nitrogen and oxygen atoms in total. The molecule has 1 aromatic heterocycles. The average molecular weight is 435 g/mol. The number of amides is 1. The van der Waals surface area contributed by atoms with Crippen molar-refractivity contribution in [3.63, 3.8) is 0 Å². The zero-order valence-electron chi connectivity index (χ0n) is 16.5. The minimum absolute atomic E-state index is 0.0137. The minimum Gasteiger partial charge on any atom is -0.465 e. The van der Waals surface area contributed by atoms with Crippen LogP contribution in [-0.4, -0.2) is 32.1 Å². The highest BCUT2D eigenvalue weighted by Gasteiger charge is 2.32. The van der Waals surface area contributed by atoms with Crippen molar-refractivity contribution < 1.29 is 41.4 Å². The van der Waals surface area contributed by atoms with Crippen molar-refractivity contribution in [2.45, 2.75) is 13.1 Å². The van der Waals surface area contributed by atoms with Gasteiger partial charge in [-0.2, -0.15) is 13.2 Å². The maximum atomic E-state index is 13.2. The molecule has 1 amide bonds. The Labute approximate surface area is 173 Å². The molecule has 0 fully saturated rings. The number of fused-ring (bicyclic) bond motifs is 1. The van der Waals surface area contributed by atoms with Gasteiger partial charge < -0.3 is 19.2 Å². The SMILES string of the molecule is COC(=O)c1cc(NC(C)=O)cc2oc(-c3cccc(C(F)(F)F)c3)c(C(=O)OC)c12. The molecule has 10 heteroatoms. The van der Waals surface area contributed by atoms with E-state index in [2.05, 4.69) is 5.32 Å². The summed E-state index contributed by atoms with van der Waals surface area (Å²) in [5.74, 6) is -2.44. The lowest BCUT2D eigenvalue weighted by Gasteiger charge is -2.09. The number of halogens is 3. The second-order valence-corrected chi connectivity index (χ2v) is 6.45. The molecule has 162 valence electrons. The van der Waals surface area contributed by atoms with Gasteiger partial charge in [-0.25, -0.2) is 9.59 Å². The number of hydrogen-bond donors (Lipinski definition) is 1. The van der Waals surface area contributed by atoms with Gasteiger partial charge in [0.25, 0.3) is 0 Å². The zero-order valence-corrected chi connectivity index (χ0v) is 16.5. The van der Waals surface area contributed by atoms with Gasteiger partial charge in [-0.3, -0.25) is 4.79 Å². The number of esters is 2. The lowest BCUT2D eigenvalue weighted by molar-refractivity contribution is -0.137. The van der Waals surface area contributed by atoms with Gasteiger partial charge in [0.1, 0.15) is 16.9 Å². The summed E-state index contributed by atoms with van der Waals surface area (Å²) in [6.07, 6.45) is -4.62. The van der Waals surface area contributed by atoms with E-state index in [-0.39, 0.29) is 39.1 Å². The Hall–Kier alpha value is -3.82. The Kier molecular flexibility index (Phi) is 5.74. The number of benzene rings is 2. The topological polar surface area (TPSA) is 94.8 Å². The van der Waals surface area contributed by atoms with Crippen LogP contribution in [0, 0.1) is 0 Å². The molecule has 0 unspecified atom stereocenters. The molecule has 0 radical (unpaired) electrons. The van der Waals surface area contributed by atoms with Crippen LogP contribution in [-0.2, 0) is 20.4 Å². The van der Waals surface area contributed by atoms with Crippen LogP contribution in [0.25, 0.3) is 22.3 Å². The summed E-state index contributed by atoms with van der Waals surface area (Å²) in [6, 6.07) is 6.79. The maximum Gasteiger partial charge on any atom is 0.416 e. The van der Waals surface area contributed by atoms with E-state index in [1.54, 1.807) is 0 Å². The third kappa shape index (κ3) is 4.23. The van der Waals surface area contributed by atoms with Gasteiger partial charge in [-0.1, -0.05) is 12.1 Å². The van der Waals surface area contributed by atoms with E-state index in [4.69, 9.17) is 13.9 Å². The van der Waals surface area contributed by atoms with E-state index in [0.29, 0.717) is 0 Å². The van der Waals surface area contributed by atoms with E-state index in [1.165, 1.54) is 25.1 Å². The fraction of sp³-hybridized carbons (Fsp3) is 0.190. The molecule has 0 aliphatic heterocycles. The highest BCUT2D eigenvalue weighted by atomic mass is 19.4. The van der Waals surface area contributed by atoms with Crippen LogP contribution in [0.15, 0.2) is 40.8 Å². The molecule has 1 N–H and O–H groups in total. The normalized spacial score (nSPS) is 11.3. The van der Waals surface area contributed by atoms with Gasteiger partial charge in [0, 0.05) is 24.2 Å². The molecule has 3 aromatic rings. The molecule has 0 atom stereocenters. The predicted molar refractivity (Wildman–Crippen MR) is 104 cm³/mol. The number of ether oxygens (including phenoxy) is 2. The van der Waals surface area contributed by atoms with Gasteiger partial charge in [0.15, 0.2) is 0 Å². The second-order valence-electron chi connectivity index (χ2n) is 6.45. The fourth-order valence-electron chi connectivity index (χ4n) is 3.11. The highest BCUT2D eigenvalue weighted by molar-refractivity contribution is 6.16. The van der Waals surface area contributed by atoms with Crippen molar-refractivity contribution in [3.8, 4) is 11.3 Å². The summed E-state index contributed by atoms with van der Waals surface area (Å²) >= 11 is 0. The van der Waals surface area contributed by atoms with Gasteiger partial charge >= 0.3 is 18.1 Å². The van der Waals surface area contributed by atoms with Crippen LogP contribution < -0.4 is 5.32 Å². The Balaban J connectivity index is 2.38. The fourth-order valence-corrected chi connectivity index (χ4v) is 3.11. The van der Waals surface area contributed by atoms with E-state index in [9.17, 15) is 27.6 Å². The molecule has 0 spiro atoms. The molecule has 0 saturated carbocycles. The first-order valence-electron chi connectivity index (χ1n) is 8.79. The van der Waals surface area contributed by atoms with Crippen molar-refractivity contribution in [1.29, 1.82) is 0 Å². The molecule has 0 saturated heterocycles. The minimum atomic E-state index is -4.62. The van der Waals surface area contributed by atoms with Gasteiger partial charge in [0.05, 0.1) is 30.7 Å². The third-order valence-corrected chi connectivity index (χ3v) is 4.36. The molecule has 3 rings (SSSR count). The summed E-state index contributed by atoms with van der Waals surface area (Å²) in [5, 5.41) is 2.47. The van der Waals surface area contributed by atoms with Crippen molar-refractivity contribution in [3.05, 3.63) is 53.1 Å². The quantitative estimate of drug-likeness (QED) is 0.600. The number of anilines is 1. The van der Waals surface area contributed by atoms with Crippen LogP contribution in [0.1, 0.15) is 33.2 Å². The highest BCUT2D eigenvalue weighted by Crippen LogP contribution is 2.40. The number of alkyl halides is 3. The molecular weight excluding hydrogens is 419 g/mol. The van der Waals surface area contributed by atoms with Gasteiger partial charge in [-0.15, -0.1) is 0 Å². The number of furan rings is 1. The van der Waals surface area contributed by atoms with Crippen molar-refractivity contribution in [1.82, 2.24) is 0 Å². The first-order valence-corrected chi connectivity index (χ1v) is 8.79. The summed E-state index contributed by atoms with van der Waals surface area (Å²) < 4.78 is 54.8. The molecule has 0 bridgehead atoms. The third-order valence-electron chi connectivity index (χ3n) is 4.36. The van der Waals surface area contributed by atoms with Gasteiger partial charge in [0.2, 0.25) is 5.91 Å². The average Bonchev–Trinajstić information content (AvgIpc) is 3.10. The van der Waals surface area contributed by atoms with E-state index in [1.807, 2.05) is 0 Å². The summed E-state index contributed by atoms with van der Waals surface area (Å²) in [5.41, 5.74) is -1.24. The smallest absolute Gasteiger partial charge is 0.416 e. The Morgan fingerprint density at radius 1 is 1.00 bits per heavy atom. The first-order chi connectivity index (χ1) is 14.6. The monoisotopic (exact) mass is 435 g/mol. The largest absolute Gasteiger partial charge is 0.465 e. The van der Waals surface area contributed by atoms with Crippen LogP contribution in [0.2, 0.25) is 0 Å². The number of nitrogens with one attached hydrogen (secondary N) is 1. The number of carbonyl (C=O) groups excluding carboxylic acids is 3. The van der Waals surface area contributed by atoms with Crippen LogP contribution in [0.4, 0.5) is 18.9 Å². The first kappa shape index (κ1) is 21.9. The van der Waals surface area contributed by atoms with E-state index < -0.39 is 29.6 Å². The Morgan fingerprint density at radius 3 is 2.26 bits per heavy atom. The van der Waals surface area contributed by atoms with Crippen molar-refractivity contribution in [2.75, 3.05) is 19.5 Å². The summed E-state index contributed by atoms with van der Waals surface area (Å²) in [4.78, 5) is 36.4. The number of methoxy groups -OCH3 is 2. The van der Waals surface area contributed by atoms with Gasteiger partial charge in [-0.05, 0) is 18.2 Å². The second kappa shape index (κ2) is 8.13. The lowest BCUT2D eigenvalue weighted by atomic mass is 10.00. The van der Waals surface area contributed by atoms with Crippen LogP contribution >= 0.6 is 0 Å². The molecular formula is C21H16F3NO6. The lowest BCUT2D eigenvalue weighted by Crippen LogP contribution is -2.10. The number of hydrogen-bond acceptors (Lipinski definition) is 6. The molecule has 1 heterocycles. The van der Waals surface area contributed by atoms with E-state index in [0.717, 1.165) is 32.4 Å².